The van der Waals surface area contributed by atoms with Gasteiger partial charge >= 0.3 is 6.03 Å². The molecule has 1 spiro atoms. The van der Waals surface area contributed by atoms with Gasteiger partial charge in [-0.3, -0.25) is 15.0 Å². The second kappa shape index (κ2) is 7.54. The van der Waals surface area contributed by atoms with E-state index in [1.807, 2.05) is 0 Å². The molecule has 2 aromatic heterocycles. The van der Waals surface area contributed by atoms with Gasteiger partial charge in [0, 0.05) is 7.05 Å². The second-order valence-electron chi connectivity index (χ2n) is 7.50. The van der Waals surface area contributed by atoms with Crippen LogP contribution in [0.25, 0.3) is 11.6 Å². The molecule has 10 nitrogen and oxygen atoms in total. The molecule has 1 aliphatic carbocycles. The van der Waals surface area contributed by atoms with Crippen LogP contribution in [-0.2, 0) is 16.6 Å². The van der Waals surface area contributed by atoms with Crippen LogP contribution in [-0.4, -0.2) is 48.9 Å². The molecule has 2 N–H and O–H groups in total. The molecule has 29 heavy (non-hydrogen) atoms. The maximum atomic E-state index is 12.8. The zero-order valence-corrected chi connectivity index (χ0v) is 17.0. The fourth-order valence-electron chi connectivity index (χ4n) is 3.66. The number of carbonyl (C=O) groups excluding carboxylic acids is 3. The smallest absolute Gasteiger partial charge is 0.344 e. The third kappa shape index (κ3) is 3.61. The van der Waals surface area contributed by atoms with Gasteiger partial charge < -0.3 is 14.3 Å². The summed E-state index contributed by atoms with van der Waals surface area (Å²) in [7, 11) is 1.77. The molecule has 11 heteroatoms. The number of imide groups is 1. The summed E-state index contributed by atoms with van der Waals surface area (Å²) in [4.78, 5) is 37.4. The van der Waals surface area contributed by atoms with Crippen LogP contribution in [0, 0.1) is 5.92 Å². The van der Waals surface area contributed by atoms with Gasteiger partial charge in [0.25, 0.3) is 5.91 Å². The number of hydrogen-bond donors (Lipinski definition) is 2. The first-order chi connectivity index (χ1) is 13.9. The molecule has 0 bridgehead atoms. The second-order valence-corrected chi connectivity index (χ2v) is 8.44. The maximum Gasteiger partial charge on any atom is 0.344 e. The number of rotatable bonds is 5. The van der Waals surface area contributed by atoms with E-state index in [0.717, 1.165) is 29.6 Å². The molecule has 154 valence electrons. The average molecular weight is 418 g/mol. The number of thioether (sulfide) groups is 1. The SMILES string of the molecule is CC1CCC2(CC1)NC(=O)N(NC(=O)CSc1nnc(-c3ccco3)n1C)C2=O. The van der Waals surface area contributed by atoms with Gasteiger partial charge in [-0.15, -0.1) is 10.2 Å². The molecule has 0 unspecified atom stereocenters. The number of aromatic nitrogens is 3. The van der Waals surface area contributed by atoms with Gasteiger partial charge in [0.05, 0.1) is 12.0 Å². The van der Waals surface area contributed by atoms with Gasteiger partial charge in [0.2, 0.25) is 5.91 Å². The van der Waals surface area contributed by atoms with E-state index in [-0.39, 0.29) is 11.7 Å². The number of hydrazine groups is 1. The van der Waals surface area contributed by atoms with Gasteiger partial charge in [0.1, 0.15) is 5.54 Å². The zero-order chi connectivity index (χ0) is 20.6. The van der Waals surface area contributed by atoms with Crippen molar-refractivity contribution >= 4 is 29.6 Å². The van der Waals surface area contributed by atoms with Gasteiger partial charge in [0.15, 0.2) is 16.7 Å². The van der Waals surface area contributed by atoms with Crippen LogP contribution in [0.4, 0.5) is 4.79 Å². The van der Waals surface area contributed by atoms with Crippen LogP contribution in [0.1, 0.15) is 32.6 Å². The normalized spacial score (nSPS) is 24.2. The molecule has 1 saturated carbocycles. The maximum absolute atomic E-state index is 12.8. The quantitative estimate of drug-likeness (QED) is 0.560. The Balaban J connectivity index is 1.36. The Bertz CT molecular complexity index is 932. The van der Waals surface area contributed by atoms with Crippen molar-refractivity contribution in [3.63, 3.8) is 0 Å². The first kappa shape index (κ1) is 19.5. The minimum absolute atomic E-state index is 0.0226. The Morgan fingerprint density at radius 1 is 1.38 bits per heavy atom. The van der Waals surface area contributed by atoms with E-state index in [2.05, 4.69) is 27.9 Å². The van der Waals surface area contributed by atoms with Crippen LogP contribution in [0.15, 0.2) is 28.0 Å². The molecule has 2 fully saturated rings. The van der Waals surface area contributed by atoms with Crippen LogP contribution < -0.4 is 10.7 Å². The Labute approximate surface area is 171 Å². The standard InChI is InChI=1S/C18H22N6O4S/c1-11-5-7-18(8-6-11)15(26)24(16(27)19-18)22-13(25)10-29-17-21-20-14(23(17)2)12-4-3-9-28-12/h3-4,9,11H,5-8,10H2,1-2H3,(H,19,27)(H,22,25). The van der Waals surface area contributed by atoms with Crippen molar-refractivity contribution in [2.45, 2.75) is 43.3 Å². The number of urea groups is 1. The average Bonchev–Trinajstić information content (AvgIpc) is 3.39. The Kier molecular flexibility index (Phi) is 5.07. The molecule has 0 radical (unpaired) electrons. The van der Waals surface area contributed by atoms with E-state index in [9.17, 15) is 14.4 Å². The van der Waals surface area contributed by atoms with Crippen molar-refractivity contribution < 1.29 is 18.8 Å². The molecule has 1 aliphatic heterocycles. The molecule has 3 heterocycles. The molecule has 0 atom stereocenters. The molecule has 2 aliphatic rings. The first-order valence-corrected chi connectivity index (χ1v) is 10.4. The number of nitrogens with zero attached hydrogens (tertiary/aromatic N) is 4. The lowest BCUT2D eigenvalue weighted by Gasteiger charge is -2.33. The summed E-state index contributed by atoms with van der Waals surface area (Å²) in [6.45, 7) is 2.13. The summed E-state index contributed by atoms with van der Waals surface area (Å²) in [6.07, 6.45) is 4.46. The first-order valence-electron chi connectivity index (χ1n) is 9.42. The largest absolute Gasteiger partial charge is 0.461 e. The molecule has 4 rings (SSSR count). The fraction of sp³-hybridized carbons (Fsp3) is 0.500. The van der Waals surface area contributed by atoms with Crippen molar-refractivity contribution in [2.24, 2.45) is 13.0 Å². The van der Waals surface area contributed by atoms with Gasteiger partial charge in [-0.1, -0.05) is 18.7 Å². The van der Waals surface area contributed by atoms with Crippen LogP contribution in [0.3, 0.4) is 0 Å². The lowest BCUT2D eigenvalue weighted by molar-refractivity contribution is -0.139. The van der Waals surface area contributed by atoms with Crippen molar-refractivity contribution in [3.8, 4) is 11.6 Å². The third-order valence-corrected chi connectivity index (χ3v) is 6.46. The van der Waals surface area contributed by atoms with E-state index in [1.54, 1.807) is 30.0 Å². The highest BCUT2D eigenvalue weighted by Gasteiger charge is 2.52. The summed E-state index contributed by atoms with van der Waals surface area (Å²) in [5, 5.41) is 12.2. The minimum atomic E-state index is -0.883. The predicted octanol–water partition coefficient (Wildman–Crippen LogP) is 1.70. The van der Waals surface area contributed by atoms with Crippen molar-refractivity contribution in [3.05, 3.63) is 18.4 Å². The highest BCUT2D eigenvalue weighted by Crippen LogP contribution is 2.35. The monoisotopic (exact) mass is 418 g/mol. The number of nitrogens with one attached hydrogen (secondary N) is 2. The van der Waals surface area contributed by atoms with E-state index < -0.39 is 17.5 Å². The Hall–Kier alpha value is -2.82. The molecule has 0 aromatic carbocycles. The lowest BCUT2D eigenvalue weighted by Crippen LogP contribution is -2.51. The van der Waals surface area contributed by atoms with Crippen molar-refractivity contribution in [2.75, 3.05) is 5.75 Å². The zero-order valence-electron chi connectivity index (χ0n) is 16.2. The van der Waals surface area contributed by atoms with Crippen molar-refractivity contribution in [1.82, 2.24) is 30.5 Å². The number of furan rings is 1. The molecule has 2 aromatic rings. The highest BCUT2D eigenvalue weighted by molar-refractivity contribution is 7.99. The van der Waals surface area contributed by atoms with Crippen LogP contribution >= 0.6 is 11.8 Å². The van der Waals surface area contributed by atoms with E-state index >= 15 is 0 Å². The van der Waals surface area contributed by atoms with Gasteiger partial charge in [-0.2, -0.15) is 5.01 Å². The van der Waals surface area contributed by atoms with Gasteiger partial charge in [-0.25, -0.2) is 4.79 Å². The van der Waals surface area contributed by atoms with E-state index in [0.29, 0.717) is 35.5 Å². The number of carbonyl (C=O) groups is 3. The van der Waals surface area contributed by atoms with Gasteiger partial charge in [-0.05, 0) is 43.7 Å². The topological polar surface area (TPSA) is 122 Å². The van der Waals surface area contributed by atoms with Crippen molar-refractivity contribution in [1.29, 1.82) is 0 Å². The Morgan fingerprint density at radius 2 is 2.14 bits per heavy atom. The number of hydrogen-bond acceptors (Lipinski definition) is 7. The molecular weight excluding hydrogens is 396 g/mol. The van der Waals surface area contributed by atoms with E-state index in [1.165, 1.54) is 0 Å². The fourth-order valence-corrected chi connectivity index (χ4v) is 4.37. The minimum Gasteiger partial charge on any atom is -0.461 e. The van der Waals surface area contributed by atoms with Crippen LogP contribution in [0.5, 0.6) is 0 Å². The van der Waals surface area contributed by atoms with E-state index in [4.69, 9.17) is 4.42 Å². The number of amides is 4. The predicted molar refractivity (Wildman–Crippen MR) is 103 cm³/mol. The molecule has 1 saturated heterocycles. The Morgan fingerprint density at radius 3 is 2.83 bits per heavy atom. The third-order valence-electron chi connectivity index (χ3n) is 5.43. The highest BCUT2D eigenvalue weighted by atomic mass is 32.2. The summed E-state index contributed by atoms with van der Waals surface area (Å²) < 4.78 is 7.02. The van der Waals surface area contributed by atoms with Crippen LogP contribution in [0.2, 0.25) is 0 Å². The summed E-state index contributed by atoms with van der Waals surface area (Å²) in [5.74, 6) is 0.769. The summed E-state index contributed by atoms with van der Waals surface area (Å²) in [6, 6.07) is 2.94. The lowest BCUT2D eigenvalue weighted by atomic mass is 9.77. The molecule has 4 amide bonds. The molecular formula is C18H22N6O4S. The summed E-state index contributed by atoms with van der Waals surface area (Å²) in [5.41, 5.74) is 1.54. The summed E-state index contributed by atoms with van der Waals surface area (Å²) >= 11 is 1.15.